The second-order valence-corrected chi connectivity index (χ2v) is 7.29. The Bertz CT molecular complexity index is 286. The first-order valence-corrected chi connectivity index (χ1v) is 6.55. The Morgan fingerprint density at radius 3 is 2.21 bits per heavy atom. The van der Waals surface area contributed by atoms with E-state index in [1.165, 1.54) is 4.31 Å². The highest BCUT2D eigenvalue weighted by atomic mass is 32.2. The molecule has 84 valence electrons. The van der Waals surface area contributed by atoms with Gasteiger partial charge in [-0.15, -0.1) is 0 Å². The lowest BCUT2D eigenvalue weighted by atomic mass is 9.94. The Morgan fingerprint density at radius 2 is 1.86 bits per heavy atom. The molecule has 0 radical (unpaired) electrons. The third-order valence-corrected chi connectivity index (χ3v) is 4.18. The average molecular weight is 220 g/mol. The normalized spacial score (nSPS) is 20.9. The molecule has 1 fully saturated rings. The second kappa shape index (κ2) is 3.79. The summed E-state index contributed by atoms with van der Waals surface area (Å²) in [6.07, 6.45) is 0.696. The molecular weight excluding hydrogens is 200 g/mol. The number of sulfonamides is 1. The van der Waals surface area contributed by atoms with Crippen LogP contribution in [-0.2, 0) is 10.0 Å². The molecule has 0 aromatic rings. The minimum absolute atomic E-state index is 0.0411. The molecular formula is C9H20N2O2S. The molecule has 4 nitrogen and oxygen atoms in total. The van der Waals surface area contributed by atoms with Crippen molar-refractivity contribution in [2.75, 3.05) is 18.8 Å². The molecule has 0 saturated carbocycles. The lowest BCUT2D eigenvalue weighted by Gasteiger charge is -2.36. The zero-order valence-electron chi connectivity index (χ0n) is 9.16. The van der Waals surface area contributed by atoms with Gasteiger partial charge in [-0.1, -0.05) is 20.8 Å². The maximum atomic E-state index is 11.7. The van der Waals surface area contributed by atoms with Crippen LogP contribution >= 0.6 is 0 Å². The van der Waals surface area contributed by atoms with Gasteiger partial charge in [0.05, 0.1) is 5.75 Å². The Hall–Kier alpha value is -0.130. The summed E-state index contributed by atoms with van der Waals surface area (Å²) in [6.45, 7) is 7.12. The summed E-state index contributed by atoms with van der Waals surface area (Å²) in [5, 5.41) is 0. The van der Waals surface area contributed by atoms with Crippen molar-refractivity contribution in [3.05, 3.63) is 0 Å². The van der Waals surface area contributed by atoms with E-state index >= 15 is 0 Å². The van der Waals surface area contributed by atoms with Crippen molar-refractivity contribution < 1.29 is 8.42 Å². The van der Waals surface area contributed by atoms with Crippen molar-refractivity contribution in [3.8, 4) is 0 Å². The zero-order valence-corrected chi connectivity index (χ0v) is 9.97. The zero-order chi connectivity index (χ0) is 11.0. The number of hydrogen-bond acceptors (Lipinski definition) is 3. The van der Waals surface area contributed by atoms with Gasteiger partial charge in [0.1, 0.15) is 0 Å². The van der Waals surface area contributed by atoms with Crippen LogP contribution in [0.2, 0.25) is 0 Å². The molecule has 2 N–H and O–H groups in total. The van der Waals surface area contributed by atoms with Gasteiger partial charge in [-0.05, 0) is 11.8 Å². The van der Waals surface area contributed by atoms with Crippen LogP contribution in [0.25, 0.3) is 0 Å². The second-order valence-electron chi connectivity index (χ2n) is 5.20. The van der Waals surface area contributed by atoms with E-state index in [9.17, 15) is 8.42 Å². The van der Waals surface area contributed by atoms with E-state index in [4.69, 9.17) is 5.73 Å². The summed E-state index contributed by atoms with van der Waals surface area (Å²) in [5.74, 6) is 0.239. The van der Waals surface area contributed by atoms with E-state index < -0.39 is 10.0 Å². The van der Waals surface area contributed by atoms with E-state index in [-0.39, 0.29) is 17.2 Å². The first kappa shape index (κ1) is 11.9. The standard InChI is InChI=1S/C9H20N2O2S/c1-9(2,3)4-5-14(12,13)11-6-8(10)7-11/h8H,4-7,10H2,1-3H3. The number of hydrogen-bond donors (Lipinski definition) is 1. The van der Waals surface area contributed by atoms with Gasteiger partial charge >= 0.3 is 0 Å². The fraction of sp³-hybridized carbons (Fsp3) is 1.00. The van der Waals surface area contributed by atoms with Crippen LogP contribution in [-0.4, -0.2) is 37.6 Å². The SMILES string of the molecule is CC(C)(C)CCS(=O)(=O)N1CC(N)C1. The van der Waals surface area contributed by atoms with E-state index in [1.807, 2.05) is 20.8 Å². The molecule has 0 spiro atoms. The average Bonchev–Trinajstić information content (AvgIpc) is 1.94. The van der Waals surface area contributed by atoms with Crippen molar-refractivity contribution in [2.45, 2.75) is 33.2 Å². The van der Waals surface area contributed by atoms with Crippen molar-refractivity contribution in [1.29, 1.82) is 0 Å². The van der Waals surface area contributed by atoms with Gasteiger partial charge in [0.25, 0.3) is 0 Å². The summed E-state index contributed by atoms with van der Waals surface area (Å²) in [6, 6.07) is 0.0411. The number of rotatable bonds is 3. The molecule has 0 unspecified atom stereocenters. The molecule has 5 heteroatoms. The molecule has 0 atom stereocenters. The van der Waals surface area contributed by atoms with Gasteiger partial charge in [0, 0.05) is 19.1 Å². The first-order valence-electron chi connectivity index (χ1n) is 4.94. The number of nitrogens with zero attached hydrogens (tertiary/aromatic N) is 1. The highest BCUT2D eigenvalue weighted by molar-refractivity contribution is 7.89. The Labute approximate surface area is 86.5 Å². The summed E-state index contributed by atoms with van der Waals surface area (Å²) in [7, 11) is -3.04. The molecule has 1 aliphatic rings. The van der Waals surface area contributed by atoms with Crippen molar-refractivity contribution in [3.63, 3.8) is 0 Å². The van der Waals surface area contributed by atoms with E-state index in [0.29, 0.717) is 19.5 Å². The smallest absolute Gasteiger partial charge is 0.214 e. The maximum absolute atomic E-state index is 11.7. The topological polar surface area (TPSA) is 63.4 Å². The molecule has 0 aliphatic carbocycles. The molecule has 1 saturated heterocycles. The van der Waals surface area contributed by atoms with Crippen LogP contribution in [0.15, 0.2) is 0 Å². The van der Waals surface area contributed by atoms with Gasteiger partial charge in [-0.2, -0.15) is 4.31 Å². The van der Waals surface area contributed by atoms with Crippen molar-refractivity contribution in [1.82, 2.24) is 4.31 Å². The van der Waals surface area contributed by atoms with Crippen molar-refractivity contribution >= 4 is 10.0 Å². The van der Waals surface area contributed by atoms with Crippen LogP contribution in [0.3, 0.4) is 0 Å². The summed E-state index contributed by atoms with van der Waals surface area (Å²) >= 11 is 0. The van der Waals surface area contributed by atoms with Gasteiger partial charge < -0.3 is 5.73 Å². The molecule has 0 aromatic heterocycles. The lowest BCUT2D eigenvalue weighted by Crippen LogP contribution is -2.58. The Balaban J connectivity index is 2.44. The predicted octanol–water partition coefficient (Wildman–Crippen LogP) is 0.395. The monoisotopic (exact) mass is 220 g/mol. The highest BCUT2D eigenvalue weighted by Crippen LogP contribution is 2.22. The Kier molecular flexibility index (Phi) is 3.23. The van der Waals surface area contributed by atoms with E-state index in [0.717, 1.165) is 0 Å². The lowest BCUT2D eigenvalue weighted by molar-refractivity contribution is 0.263. The third-order valence-electron chi connectivity index (χ3n) is 2.38. The van der Waals surface area contributed by atoms with E-state index in [1.54, 1.807) is 0 Å². The van der Waals surface area contributed by atoms with Gasteiger partial charge in [-0.25, -0.2) is 8.42 Å². The minimum Gasteiger partial charge on any atom is -0.325 e. The first-order chi connectivity index (χ1) is 6.21. The van der Waals surface area contributed by atoms with Gasteiger partial charge in [0.2, 0.25) is 10.0 Å². The molecule has 0 aromatic carbocycles. The minimum atomic E-state index is -3.04. The largest absolute Gasteiger partial charge is 0.325 e. The fourth-order valence-corrected chi connectivity index (χ4v) is 3.23. The Morgan fingerprint density at radius 1 is 1.36 bits per heavy atom. The van der Waals surface area contributed by atoms with Crippen LogP contribution in [0.5, 0.6) is 0 Å². The molecule has 1 rings (SSSR count). The number of nitrogens with two attached hydrogens (primary N) is 1. The van der Waals surface area contributed by atoms with Gasteiger partial charge in [0.15, 0.2) is 0 Å². The van der Waals surface area contributed by atoms with E-state index in [2.05, 4.69) is 0 Å². The third kappa shape index (κ3) is 3.22. The summed E-state index contributed by atoms with van der Waals surface area (Å²) in [5.41, 5.74) is 5.61. The van der Waals surface area contributed by atoms with Crippen LogP contribution in [0.1, 0.15) is 27.2 Å². The van der Waals surface area contributed by atoms with Crippen LogP contribution in [0.4, 0.5) is 0 Å². The van der Waals surface area contributed by atoms with Crippen LogP contribution < -0.4 is 5.73 Å². The molecule has 0 amide bonds. The molecule has 1 heterocycles. The summed E-state index contributed by atoms with van der Waals surface area (Å²) in [4.78, 5) is 0. The van der Waals surface area contributed by atoms with Gasteiger partial charge in [-0.3, -0.25) is 0 Å². The van der Waals surface area contributed by atoms with Crippen molar-refractivity contribution in [2.24, 2.45) is 11.1 Å². The summed E-state index contributed by atoms with van der Waals surface area (Å²) < 4.78 is 24.8. The quantitative estimate of drug-likeness (QED) is 0.748. The highest BCUT2D eigenvalue weighted by Gasteiger charge is 2.33. The van der Waals surface area contributed by atoms with Crippen LogP contribution in [0, 0.1) is 5.41 Å². The molecule has 1 aliphatic heterocycles. The maximum Gasteiger partial charge on any atom is 0.214 e. The molecule has 0 bridgehead atoms. The predicted molar refractivity (Wildman–Crippen MR) is 57.4 cm³/mol. The fourth-order valence-electron chi connectivity index (χ4n) is 1.26. The molecule has 14 heavy (non-hydrogen) atoms.